The number of carbonyl (C=O) groups is 1. The summed E-state index contributed by atoms with van der Waals surface area (Å²) in [5, 5.41) is 17.6. The van der Waals surface area contributed by atoms with E-state index in [1.807, 2.05) is 0 Å². The van der Waals surface area contributed by atoms with Gasteiger partial charge in [-0.25, -0.2) is 0 Å². The Labute approximate surface area is 77.9 Å². The summed E-state index contributed by atoms with van der Waals surface area (Å²) in [5.74, 6) is -0.892. The summed E-state index contributed by atoms with van der Waals surface area (Å²) in [6.45, 7) is 2.92. The van der Waals surface area contributed by atoms with E-state index >= 15 is 0 Å². The Morgan fingerprint density at radius 1 is 1.62 bits per heavy atom. The van der Waals surface area contributed by atoms with Crippen molar-refractivity contribution in [2.75, 3.05) is 33.4 Å². The molecule has 1 unspecified atom stereocenters. The monoisotopic (exact) mass is 191 g/mol. The zero-order valence-corrected chi connectivity index (χ0v) is 8.06. The van der Waals surface area contributed by atoms with Gasteiger partial charge in [-0.3, -0.25) is 9.69 Å². The number of methoxy groups -OCH3 is 1. The van der Waals surface area contributed by atoms with Crippen LogP contribution in [0.25, 0.3) is 0 Å². The summed E-state index contributed by atoms with van der Waals surface area (Å²) in [6, 6.07) is 0. The largest absolute Gasteiger partial charge is 0.480 e. The first kappa shape index (κ1) is 12.3. The van der Waals surface area contributed by atoms with Crippen LogP contribution in [0.5, 0.6) is 0 Å². The molecule has 2 N–H and O–H groups in total. The molecule has 0 saturated carbocycles. The first-order valence-electron chi connectivity index (χ1n) is 4.17. The number of rotatable bonds is 7. The molecule has 1 atom stereocenters. The minimum absolute atomic E-state index is 0.0612. The molecule has 5 heteroatoms. The molecule has 0 aliphatic rings. The third-order valence-corrected chi connectivity index (χ3v) is 1.49. The van der Waals surface area contributed by atoms with Gasteiger partial charge in [0.05, 0.1) is 19.3 Å². The van der Waals surface area contributed by atoms with Gasteiger partial charge in [0.25, 0.3) is 0 Å². The molecule has 0 radical (unpaired) electrons. The Bertz CT molecular complexity index is 149. The maximum atomic E-state index is 10.4. The molecular formula is C8H17NO4. The Morgan fingerprint density at radius 2 is 2.23 bits per heavy atom. The van der Waals surface area contributed by atoms with E-state index in [-0.39, 0.29) is 6.54 Å². The fourth-order valence-electron chi connectivity index (χ4n) is 1.02. The second-order valence-electron chi connectivity index (χ2n) is 2.97. The van der Waals surface area contributed by atoms with Crippen molar-refractivity contribution in [3.8, 4) is 0 Å². The minimum Gasteiger partial charge on any atom is -0.480 e. The molecule has 0 rings (SSSR count). The molecule has 0 aromatic rings. The molecule has 13 heavy (non-hydrogen) atoms. The Kier molecular flexibility index (Phi) is 6.48. The molecule has 0 amide bonds. The molecule has 0 aromatic carbocycles. The lowest BCUT2D eigenvalue weighted by Crippen LogP contribution is -2.37. The maximum Gasteiger partial charge on any atom is 0.317 e. The number of aliphatic hydroxyl groups is 1. The van der Waals surface area contributed by atoms with E-state index in [1.165, 1.54) is 0 Å². The van der Waals surface area contributed by atoms with Gasteiger partial charge >= 0.3 is 5.97 Å². The Hall–Kier alpha value is -0.650. The lowest BCUT2D eigenvalue weighted by molar-refractivity contribution is -0.138. The highest BCUT2D eigenvalue weighted by Gasteiger charge is 2.11. The second kappa shape index (κ2) is 6.82. The van der Waals surface area contributed by atoms with Crippen LogP contribution in [-0.4, -0.2) is 60.5 Å². The predicted octanol–water partition coefficient (Wildman–Crippen LogP) is -0.600. The van der Waals surface area contributed by atoms with E-state index < -0.39 is 12.1 Å². The zero-order valence-electron chi connectivity index (χ0n) is 8.06. The molecular weight excluding hydrogens is 174 g/mol. The first-order chi connectivity index (χ1) is 6.06. The molecule has 78 valence electrons. The van der Waals surface area contributed by atoms with Crippen molar-refractivity contribution in [1.29, 1.82) is 0 Å². The van der Waals surface area contributed by atoms with Crippen LogP contribution in [0.15, 0.2) is 0 Å². The van der Waals surface area contributed by atoms with Gasteiger partial charge in [-0.15, -0.1) is 0 Å². The van der Waals surface area contributed by atoms with Gasteiger partial charge in [0.2, 0.25) is 0 Å². The fraction of sp³-hybridized carbons (Fsp3) is 0.875. The fourth-order valence-corrected chi connectivity index (χ4v) is 1.02. The summed E-state index contributed by atoms with van der Waals surface area (Å²) in [4.78, 5) is 12.0. The number of aliphatic carboxylic acids is 1. The number of carboxylic acid groups (broad SMARTS) is 1. The topological polar surface area (TPSA) is 70.0 Å². The maximum absolute atomic E-state index is 10.4. The van der Waals surface area contributed by atoms with E-state index in [9.17, 15) is 4.79 Å². The second-order valence-corrected chi connectivity index (χ2v) is 2.97. The summed E-state index contributed by atoms with van der Waals surface area (Å²) in [7, 11) is 1.56. The average Bonchev–Trinajstić information content (AvgIpc) is 1.98. The SMILES string of the molecule is COCCN(CC(=O)O)CC(C)O. The summed E-state index contributed by atoms with van der Waals surface area (Å²) in [5.41, 5.74) is 0. The minimum atomic E-state index is -0.892. The van der Waals surface area contributed by atoms with Gasteiger partial charge < -0.3 is 14.9 Å². The van der Waals surface area contributed by atoms with Crippen molar-refractivity contribution in [3.63, 3.8) is 0 Å². The molecule has 0 aromatic heterocycles. The van der Waals surface area contributed by atoms with E-state index in [2.05, 4.69) is 0 Å². The van der Waals surface area contributed by atoms with Crippen LogP contribution in [0, 0.1) is 0 Å². The highest BCUT2D eigenvalue weighted by Crippen LogP contribution is 1.92. The van der Waals surface area contributed by atoms with Crippen molar-refractivity contribution in [2.45, 2.75) is 13.0 Å². The van der Waals surface area contributed by atoms with Gasteiger partial charge in [-0.1, -0.05) is 0 Å². The van der Waals surface area contributed by atoms with Gasteiger partial charge in [0.1, 0.15) is 0 Å². The van der Waals surface area contributed by atoms with Gasteiger partial charge in [-0.2, -0.15) is 0 Å². The number of hydrogen-bond donors (Lipinski definition) is 2. The van der Waals surface area contributed by atoms with E-state index in [1.54, 1.807) is 18.9 Å². The quantitative estimate of drug-likeness (QED) is 0.562. The van der Waals surface area contributed by atoms with Crippen LogP contribution < -0.4 is 0 Å². The highest BCUT2D eigenvalue weighted by molar-refractivity contribution is 5.69. The Balaban J connectivity index is 3.80. The third-order valence-electron chi connectivity index (χ3n) is 1.49. The zero-order chi connectivity index (χ0) is 10.3. The molecule has 0 heterocycles. The molecule has 0 spiro atoms. The van der Waals surface area contributed by atoms with Crippen molar-refractivity contribution < 1.29 is 19.7 Å². The van der Waals surface area contributed by atoms with Crippen LogP contribution in [0.2, 0.25) is 0 Å². The number of ether oxygens (including phenoxy) is 1. The number of nitrogens with zero attached hydrogens (tertiary/aromatic N) is 1. The van der Waals surface area contributed by atoms with Crippen LogP contribution >= 0.6 is 0 Å². The molecule has 0 aliphatic carbocycles. The van der Waals surface area contributed by atoms with Crippen molar-refractivity contribution in [1.82, 2.24) is 4.90 Å². The smallest absolute Gasteiger partial charge is 0.317 e. The average molecular weight is 191 g/mol. The Morgan fingerprint density at radius 3 is 2.62 bits per heavy atom. The lowest BCUT2D eigenvalue weighted by Gasteiger charge is -2.20. The van der Waals surface area contributed by atoms with E-state index in [0.717, 1.165) is 0 Å². The summed E-state index contributed by atoms with van der Waals surface area (Å²) in [6.07, 6.45) is -0.517. The van der Waals surface area contributed by atoms with Crippen molar-refractivity contribution >= 4 is 5.97 Å². The van der Waals surface area contributed by atoms with Crippen molar-refractivity contribution in [3.05, 3.63) is 0 Å². The van der Waals surface area contributed by atoms with Crippen LogP contribution in [-0.2, 0) is 9.53 Å². The molecule has 0 aliphatic heterocycles. The van der Waals surface area contributed by atoms with Gasteiger partial charge in [-0.05, 0) is 6.92 Å². The lowest BCUT2D eigenvalue weighted by atomic mass is 10.3. The molecule has 0 bridgehead atoms. The summed E-state index contributed by atoms with van der Waals surface area (Å²) >= 11 is 0. The van der Waals surface area contributed by atoms with Gasteiger partial charge in [0.15, 0.2) is 0 Å². The van der Waals surface area contributed by atoms with Gasteiger partial charge in [0, 0.05) is 20.2 Å². The van der Waals surface area contributed by atoms with Crippen LogP contribution in [0.1, 0.15) is 6.92 Å². The van der Waals surface area contributed by atoms with Crippen LogP contribution in [0.3, 0.4) is 0 Å². The van der Waals surface area contributed by atoms with E-state index in [4.69, 9.17) is 14.9 Å². The highest BCUT2D eigenvalue weighted by atomic mass is 16.5. The summed E-state index contributed by atoms with van der Waals surface area (Å²) < 4.78 is 4.82. The predicted molar refractivity (Wildman–Crippen MR) is 47.6 cm³/mol. The molecule has 5 nitrogen and oxygen atoms in total. The standard InChI is InChI=1S/C8H17NO4/c1-7(10)5-9(3-4-13-2)6-8(11)12/h7,10H,3-6H2,1-2H3,(H,11,12). The molecule has 0 fully saturated rings. The first-order valence-corrected chi connectivity index (χ1v) is 4.17. The van der Waals surface area contributed by atoms with Crippen molar-refractivity contribution in [2.24, 2.45) is 0 Å². The van der Waals surface area contributed by atoms with Crippen LogP contribution in [0.4, 0.5) is 0 Å². The molecule has 0 saturated heterocycles. The number of carboxylic acids is 1. The number of aliphatic hydroxyl groups excluding tert-OH is 1. The number of hydrogen-bond acceptors (Lipinski definition) is 4. The normalized spacial score (nSPS) is 13.2. The third kappa shape index (κ3) is 7.70. The van der Waals surface area contributed by atoms with E-state index in [0.29, 0.717) is 19.7 Å².